The Labute approximate surface area is 99.8 Å². The molecule has 1 heterocycles. The number of halogens is 1. The monoisotopic (exact) mass is 242 g/mol. The first-order valence-electron chi connectivity index (χ1n) is 5.03. The van der Waals surface area contributed by atoms with Gasteiger partial charge < -0.3 is 10.5 Å². The SMILES string of the molecule is CC(C)C(C)OC(=O)c1cc(Cl)ncc1N. The number of carbonyl (C=O) groups excluding carboxylic acids is 1. The maximum atomic E-state index is 11.7. The molecule has 1 aromatic heterocycles. The number of esters is 1. The summed E-state index contributed by atoms with van der Waals surface area (Å²) in [5.41, 5.74) is 6.15. The van der Waals surface area contributed by atoms with E-state index in [1.165, 1.54) is 12.3 Å². The van der Waals surface area contributed by atoms with Gasteiger partial charge in [-0.05, 0) is 18.9 Å². The highest BCUT2D eigenvalue weighted by molar-refractivity contribution is 6.29. The number of anilines is 1. The molecule has 0 radical (unpaired) electrons. The average molecular weight is 243 g/mol. The predicted molar refractivity (Wildman–Crippen MR) is 63.4 cm³/mol. The third kappa shape index (κ3) is 3.10. The first-order chi connectivity index (χ1) is 7.41. The summed E-state index contributed by atoms with van der Waals surface area (Å²) in [5.74, 6) is -0.217. The minimum atomic E-state index is -0.469. The summed E-state index contributed by atoms with van der Waals surface area (Å²) in [6.07, 6.45) is 1.18. The van der Waals surface area contributed by atoms with Gasteiger partial charge in [-0.3, -0.25) is 0 Å². The first kappa shape index (κ1) is 12.8. The minimum absolute atomic E-state index is 0.168. The molecule has 0 aliphatic heterocycles. The molecule has 0 aromatic carbocycles. The summed E-state index contributed by atoms with van der Waals surface area (Å²) in [6.45, 7) is 5.78. The van der Waals surface area contributed by atoms with E-state index in [1.54, 1.807) is 0 Å². The van der Waals surface area contributed by atoms with Crippen molar-refractivity contribution in [3.8, 4) is 0 Å². The van der Waals surface area contributed by atoms with Gasteiger partial charge in [-0.1, -0.05) is 25.4 Å². The van der Waals surface area contributed by atoms with Crippen LogP contribution in [0, 0.1) is 5.92 Å². The lowest BCUT2D eigenvalue weighted by atomic mass is 10.1. The molecule has 0 aliphatic carbocycles. The van der Waals surface area contributed by atoms with Crippen LogP contribution in [0.15, 0.2) is 12.3 Å². The fourth-order valence-corrected chi connectivity index (χ4v) is 1.14. The molecule has 1 aromatic rings. The van der Waals surface area contributed by atoms with Gasteiger partial charge in [-0.15, -0.1) is 0 Å². The molecule has 0 fully saturated rings. The maximum absolute atomic E-state index is 11.7. The second-order valence-corrected chi connectivity index (χ2v) is 4.34. The molecule has 16 heavy (non-hydrogen) atoms. The lowest BCUT2D eigenvalue weighted by molar-refractivity contribution is 0.0239. The lowest BCUT2D eigenvalue weighted by Crippen LogP contribution is -2.21. The van der Waals surface area contributed by atoms with Gasteiger partial charge in [0.25, 0.3) is 0 Å². The lowest BCUT2D eigenvalue weighted by Gasteiger charge is -2.17. The zero-order chi connectivity index (χ0) is 12.3. The molecule has 0 amide bonds. The smallest absolute Gasteiger partial charge is 0.340 e. The van der Waals surface area contributed by atoms with Crippen LogP contribution in [0.25, 0.3) is 0 Å². The molecule has 0 spiro atoms. The summed E-state index contributed by atoms with van der Waals surface area (Å²) in [7, 11) is 0. The van der Waals surface area contributed by atoms with Gasteiger partial charge in [-0.2, -0.15) is 0 Å². The molecule has 4 nitrogen and oxygen atoms in total. The van der Waals surface area contributed by atoms with E-state index in [0.29, 0.717) is 0 Å². The van der Waals surface area contributed by atoms with Crippen molar-refractivity contribution >= 4 is 23.3 Å². The van der Waals surface area contributed by atoms with Crippen LogP contribution >= 0.6 is 11.6 Å². The van der Waals surface area contributed by atoms with Crippen molar-refractivity contribution in [2.75, 3.05) is 5.73 Å². The second-order valence-electron chi connectivity index (χ2n) is 3.95. The van der Waals surface area contributed by atoms with Crippen LogP contribution in [0.1, 0.15) is 31.1 Å². The number of carbonyl (C=O) groups is 1. The van der Waals surface area contributed by atoms with Crippen LogP contribution in [-0.4, -0.2) is 17.1 Å². The molecule has 1 atom stereocenters. The van der Waals surface area contributed by atoms with Crippen molar-refractivity contribution in [1.82, 2.24) is 4.98 Å². The molecular weight excluding hydrogens is 228 g/mol. The highest BCUT2D eigenvalue weighted by Gasteiger charge is 2.17. The van der Waals surface area contributed by atoms with Gasteiger partial charge in [0.05, 0.1) is 17.4 Å². The molecule has 1 unspecified atom stereocenters. The Morgan fingerprint density at radius 3 is 2.69 bits per heavy atom. The Morgan fingerprint density at radius 1 is 1.50 bits per heavy atom. The van der Waals surface area contributed by atoms with Crippen LogP contribution in [0.3, 0.4) is 0 Å². The number of pyridine rings is 1. The molecule has 2 N–H and O–H groups in total. The molecule has 0 saturated heterocycles. The molecule has 0 saturated carbocycles. The van der Waals surface area contributed by atoms with Gasteiger partial charge in [-0.25, -0.2) is 9.78 Å². The molecule has 1 rings (SSSR count). The molecule has 88 valence electrons. The van der Waals surface area contributed by atoms with Gasteiger partial charge in [0.15, 0.2) is 0 Å². The Morgan fingerprint density at radius 2 is 2.12 bits per heavy atom. The van der Waals surface area contributed by atoms with E-state index in [0.717, 1.165) is 0 Å². The predicted octanol–water partition coefficient (Wildman–Crippen LogP) is 2.52. The van der Waals surface area contributed by atoms with Crippen LogP contribution in [0.4, 0.5) is 5.69 Å². The molecule has 0 aliphatic rings. The number of nitrogen functional groups attached to an aromatic ring is 1. The minimum Gasteiger partial charge on any atom is -0.459 e. The van der Waals surface area contributed by atoms with Crippen molar-refractivity contribution in [3.05, 3.63) is 23.0 Å². The van der Waals surface area contributed by atoms with E-state index >= 15 is 0 Å². The average Bonchev–Trinajstić information content (AvgIpc) is 2.21. The van der Waals surface area contributed by atoms with Crippen LogP contribution in [-0.2, 0) is 4.74 Å². The summed E-state index contributed by atoms with van der Waals surface area (Å²) >= 11 is 5.69. The van der Waals surface area contributed by atoms with Gasteiger partial charge >= 0.3 is 5.97 Å². The number of rotatable bonds is 3. The Kier molecular flexibility index (Phi) is 4.12. The van der Waals surface area contributed by atoms with Gasteiger partial charge in [0.2, 0.25) is 0 Å². The van der Waals surface area contributed by atoms with Crippen molar-refractivity contribution < 1.29 is 9.53 Å². The van der Waals surface area contributed by atoms with Gasteiger partial charge in [0.1, 0.15) is 11.3 Å². The van der Waals surface area contributed by atoms with Gasteiger partial charge in [0, 0.05) is 0 Å². The van der Waals surface area contributed by atoms with Crippen LogP contribution in [0.2, 0.25) is 5.15 Å². The number of nitrogens with zero attached hydrogens (tertiary/aromatic N) is 1. The van der Waals surface area contributed by atoms with E-state index in [-0.39, 0.29) is 28.4 Å². The number of nitrogens with two attached hydrogens (primary N) is 1. The number of ether oxygens (including phenoxy) is 1. The normalized spacial score (nSPS) is 12.6. The largest absolute Gasteiger partial charge is 0.459 e. The molecule has 5 heteroatoms. The zero-order valence-corrected chi connectivity index (χ0v) is 10.3. The van der Waals surface area contributed by atoms with Crippen LogP contribution < -0.4 is 5.73 Å². The zero-order valence-electron chi connectivity index (χ0n) is 9.53. The summed E-state index contributed by atoms with van der Waals surface area (Å²) in [4.78, 5) is 15.5. The van der Waals surface area contributed by atoms with Crippen molar-refractivity contribution in [2.45, 2.75) is 26.9 Å². The highest BCUT2D eigenvalue weighted by atomic mass is 35.5. The Balaban J connectivity index is 2.84. The topological polar surface area (TPSA) is 65.2 Å². The van der Waals surface area contributed by atoms with E-state index in [9.17, 15) is 4.79 Å². The third-order valence-corrected chi connectivity index (χ3v) is 2.56. The number of hydrogen-bond donors (Lipinski definition) is 1. The van der Waals surface area contributed by atoms with Crippen molar-refractivity contribution in [2.24, 2.45) is 5.92 Å². The quantitative estimate of drug-likeness (QED) is 0.653. The fourth-order valence-electron chi connectivity index (χ4n) is 0.986. The van der Waals surface area contributed by atoms with E-state index < -0.39 is 5.97 Å². The molecule has 0 bridgehead atoms. The summed E-state index contributed by atoms with van der Waals surface area (Å²) < 4.78 is 5.23. The number of hydrogen-bond acceptors (Lipinski definition) is 4. The first-order valence-corrected chi connectivity index (χ1v) is 5.41. The fraction of sp³-hybridized carbons (Fsp3) is 0.455. The standard InChI is InChI=1S/C11H15ClN2O2/c1-6(2)7(3)16-11(15)8-4-10(12)14-5-9(8)13/h4-7H,13H2,1-3H3. The number of aromatic nitrogens is 1. The van der Waals surface area contributed by atoms with E-state index in [1.807, 2.05) is 20.8 Å². The van der Waals surface area contributed by atoms with Crippen molar-refractivity contribution in [3.63, 3.8) is 0 Å². The van der Waals surface area contributed by atoms with E-state index in [2.05, 4.69) is 4.98 Å². The molecular formula is C11H15ClN2O2. The van der Waals surface area contributed by atoms with E-state index in [4.69, 9.17) is 22.1 Å². The third-order valence-electron chi connectivity index (χ3n) is 2.35. The summed E-state index contributed by atoms with van der Waals surface area (Å²) in [5, 5.41) is 0.221. The highest BCUT2D eigenvalue weighted by Crippen LogP contribution is 2.18. The Bertz CT molecular complexity index is 394. The Hall–Kier alpha value is -1.29. The van der Waals surface area contributed by atoms with Crippen molar-refractivity contribution in [1.29, 1.82) is 0 Å². The second kappa shape index (κ2) is 5.16. The maximum Gasteiger partial charge on any atom is 0.340 e. The summed E-state index contributed by atoms with van der Waals surface area (Å²) in [6, 6.07) is 1.41. The van der Waals surface area contributed by atoms with Crippen LogP contribution in [0.5, 0.6) is 0 Å².